The van der Waals surface area contributed by atoms with Gasteiger partial charge in [-0.1, -0.05) is 35.4 Å². The van der Waals surface area contributed by atoms with Crippen LogP contribution in [-0.2, 0) is 0 Å². The number of rotatable bonds is 2. The fourth-order valence-electron chi connectivity index (χ4n) is 1.57. The van der Waals surface area contributed by atoms with Crippen LogP contribution in [0.2, 0.25) is 0 Å². The molecule has 88 valence electrons. The van der Waals surface area contributed by atoms with Crippen LogP contribution in [0.5, 0.6) is 0 Å². The Morgan fingerprint density at radius 3 is 2.27 bits per heavy atom. The number of hydrogen-bond acceptors (Lipinski definition) is 1. The molecule has 0 aromatic carbocycles. The zero-order valence-corrected chi connectivity index (χ0v) is 12.8. The maximum Gasteiger partial charge on any atom is 0.191 e. The summed E-state index contributed by atoms with van der Waals surface area (Å²) in [5.74, 6) is 0.660. The van der Waals surface area contributed by atoms with E-state index in [9.17, 15) is 0 Å². The van der Waals surface area contributed by atoms with E-state index in [1.807, 2.05) is 0 Å². The van der Waals surface area contributed by atoms with Crippen molar-refractivity contribution in [3.63, 3.8) is 0 Å². The SMILES string of the molecule is C=C(Br)CN=C(N)N1CCCCCC1.I. The second-order valence-corrected chi connectivity index (χ2v) is 4.71. The molecule has 0 bridgehead atoms. The van der Waals surface area contributed by atoms with E-state index in [0.29, 0.717) is 12.5 Å². The van der Waals surface area contributed by atoms with Crippen molar-refractivity contribution >= 4 is 45.9 Å². The van der Waals surface area contributed by atoms with Crippen LogP contribution >= 0.6 is 39.9 Å². The Hall–Kier alpha value is 0.220. The van der Waals surface area contributed by atoms with Crippen LogP contribution in [0.25, 0.3) is 0 Å². The highest BCUT2D eigenvalue weighted by Crippen LogP contribution is 2.09. The molecule has 0 aromatic rings. The third-order valence-electron chi connectivity index (χ3n) is 2.34. The van der Waals surface area contributed by atoms with Crippen molar-refractivity contribution in [3.05, 3.63) is 11.1 Å². The van der Waals surface area contributed by atoms with Gasteiger partial charge in [0.15, 0.2) is 5.96 Å². The molecule has 0 aromatic heterocycles. The molecule has 1 aliphatic heterocycles. The Kier molecular flexibility index (Phi) is 8.50. The summed E-state index contributed by atoms with van der Waals surface area (Å²) in [7, 11) is 0. The predicted octanol–water partition coefficient (Wildman–Crippen LogP) is 2.70. The second kappa shape index (κ2) is 8.38. The van der Waals surface area contributed by atoms with E-state index in [1.165, 1.54) is 25.7 Å². The van der Waals surface area contributed by atoms with Crippen LogP contribution in [0.1, 0.15) is 25.7 Å². The van der Waals surface area contributed by atoms with Gasteiger partial charge in [-0.2, -0.15) is 0 Å². The lowest BCUT2D eigenvalue weighted by atomic mass is 10.2. The molecule has 15 heavy (non-hydrogen) atoms. The van der Waals surface area contributed by atoms with Crippen molar-refractivity contribution in [3.8, 4) is 0 Å². The number of nitrogens with zero attached hydrogens (tertiary/aromatic N) is 2. The van der Waals surface area contributed by atoms with Gasteiger partial charge in [0.2, 0.25) is 0 Å². The van der Waals surface area contributed by atoms with E-state index in [-0.39, 0.29) is 24.0 Å². The van der Waals surface area contributed by atoms with Crippen LogP contribution < -0.4 is 5.73 Å². The summed E-state index contributed by atoms with van der Waals surface area (Å²) in [5.41, 5.74) is 5.88. The molecular formula is C10H19BrIN3. The maximum atomic E-state index is 5.88. The number of hydrogen-bond donors (Lipinski definition) is 1. The molecule has 3 nitrogen and oxygen atoms in total. The quantitative estimate of drug-likeness (QED) is 0.449. The van der Waals surface area contributed by atoms with Crippen molar-refractivity contribution in [2.45, 2.75) is 25.7 Å². The minimum Gasteiger partial charge on any atom is -0.370 e. The van der Waals surface area contributed by atoms with Crippen LogP contribution in [0.4, 0.5) is 0 Å². The van der Waals surface area contributed by atoms with Gasteiger partial charge in [0.1, 0.15) is 0 Å². The molecule has 1 fully saturated rings. The van der Waals surface area contributed by atoms with Gasteiger partial charge in [-0.25, -0.2) is 4.99 Å². The first-order valence-corrected chi connectivity index (χ1v) is 5.87. The fraction of sp³-hybridized carbons (Fsp3) is 0.700. The van der Waals surface area contributed by atoms with E-state index >= 15 is 0 Å². The molecule has 0 amide bonds. The summed E-state index contributed by atoms with van der Waals surface area (Å²) < 4.78 is 0.871. The summed E-state index contributed by atoms with van der Waals surface area (Å²) in [6.45, 7) is 6.39. The minimum absolute atomic E-state index is 0. The Balaban J connectivity index is 0.00000196. The average molecular weight is 388 g/mol. The molecule has 1 aliphatic rings. The summed E-state index contributed by atoms with van der Waals surface area (Å²) in [4.78, 5) is 6.43. The number of halogens is 2. The Labute approximate surface area is 117 Å². The highest BCUT2D eigenvalue weighted by atomic mass is 127. The Morgan fingerprint density at radius 1 is 1.27 bits per heavy atom. The van der Waals surface area contributed by atoms with Gasteiger partial charge in [-0.3, -0.25) is 0 Å². The largest absolute Gasteiger partial charge is 0.370 e. The molecule has 0 atom stereocenters. The van der Waals surface area contributed by atoms with Crippen molar-refractivity contribution in [2.24, 2.45) is 10.7 Å². The lowest BCUT2D eigenvalue weighted by molar-refractivity contribution is 0.429. The van der Waals surface area contributed by atoms with Gasteiger partial charge in [-0.05, 0) is 12.8 Å². The number of likely N-dealkylation sites (tertiary alicyclic amines) is 1. The number of aliphatic imine (C=N–C) groups is 1. The standard InChI is InChI=1S/C10H18BrN3.HI/c1-9(11)8-13-10(12)14-6-4-2-3-5-7-14;/h1-8H2,(H2,12,13);1H. The number of nitrogens with two attached hydrogens (primary N) is 1. The molecule has 0 radical (unpaired) electrons. The average Bonchev–Trinajstić information content (AvgIpc) is 2.42. The topological polar surface area (TPSA) is 41.6 Å². The zero-order chi connectivity index (χ0) is 10.4. The van der Waals surface area contributed by atoms with Crippen LogP contribution in [0, 0.1) is 0 Å². The van der Waals surface area contributed by atoms with Crippen LogP contribution in [-0.4, -0.2) is 30.5 Å². The molecule has 0 saturated carbocycles. The van der Waals surface area contributed by atoms with Gasteiger partial charge in [-0.15, -0.1) is 24.0 Å². The van der Waals surface area contributed by atoms with Crippen molar-refractivity contribution in [2.75, 3.05) is 19.6 Å². The summed E-state index contributed by atoms with van der Waals surface area (Å²) in [5, 5.41) is 0. The van der Waals surface area contributed by atoms with E-state index in [1.54, 1.807) is 0 Å². The molecule has 0 spiro atoms. The van der Waals surface area contributed by atoms with Gasteiger partial charge in [0.25, 0.3) is 0 Å². The van der Waals surface area contributed by atoms with E-state index in [2.05, 4.69) is 32.4 Å². The first-order chi connectivity index (χ1) is 6.70. The monoisotopic (exact) mass is 387 g/mol. The van der Waals surface area contributed by atoms with Gasteiger partial charge in [0.05, 0.1) is 6.54 Å². The summed E-state index contributed by atoms with van der Waals surface area (Å²) >= 11 is 3.27. The molecule has 0 aliphatic carbocycles. The highest BCUT2D eigenvalue weighted by Gasteiger charge is 2.10. The Morgan fingerprint density at radius 2 is 1.80 bits per heavy atom. The van der Waals surface area contributed by atoms with Crippen molar-refractivity contribution < 1.29 is 0 Å². The first-order valence-electron chi connectivity index (χ1n) is 5.08. The summed E-state index contributed by atoms with van der Waals surface area (Å²) in [6.07, 6.45) is 5.08. The molecule has 0 unspecified atom stereocenters. The lowest BCUT2D eigenvalue weighted by Crippen LogP contribution is -2.38. The molecule has 1 rings (SSSR count). The van der Waals surface area contributed by atoms with E-state index < -0.39 is 0 Å². The van der Waals surface area contributed by atoms with Gasteiger partial charge in [0, 0.05) is 17.6 Å². The Bertz CT molecular complexity index is 223. The normalized spacial score (nSPS) is 17.9. The molecule has 2 N–H and O–H groups in total. The zero-order valence-electron chi connectivity index (χ0n) is 8.91. The molecule has 1 heterocycles. The second-order valence-electron chi connectivity index (χ2n) is 3.59. The molecule has 1 saturated heterocycles. The van der Waals surface area contributed by atoms with E-state index in [4.69, 9.17) is 5.73 Å². The van der Waals surface area contributed by atoms with Gasteiger partial charge < -0.3 is 10.6 Å². The molecular weight excluding hydrogens is 369 g/mol. The number of guanidine groups is 1. The fourth-order valence-corrected chi connectivity index (χ4v) is 1.69. The van der Waals surface area contributed by atoms with Gasteiger partial charge >= 0.3 is 0 Å². The van der Waals surface area contributed by atoms with E-state index in [0.717, 1.165) is 17.6 Å². The lowest BCUT2D eigenvalue weighted by Gasteiger charge is -2.20. The first kappa shape index (κ1) is 15.2. The predicted molar refractivity (Wildman–Crippen MR) is 80.0 cm³/mol. The third-order valence-corrected chi connectivity index (χ3v) is 2.59. The summed E-state index contributed by atoms with van der Waals surface area (Å²) in [6, 6.07) is 0. The minimum atomic E-state index is 0. The van der Waals surface area contributed by atoms with Crippen molar-refractivity contribution in [1.82, 2.24) is 4.90 Å². The highest BCUT2D eigenvalue weighted by molar-refractivity contribution is 14.0. The third kappa shape index (κ3) is 6.40. The maximum absolute atomic E-state index is 5.88. The molecule has 5 heteroatoms. The van der Waals surface area contributed by atoms with Crippen LogP contribution in [0.15, 0.2) is 16.1 Å². The van der Waals surface area contributed by atoms with Crippen molar-refractivity contribution in [1.29, 1.82) is 0 Å². The van der Waals surface area contributed by atoms with Crippen LogP contribution in [0.3, 0.4) is 0 Å². The smallest absolute Gasteiger partial charge is 0.191 e.